The van der Waals surface area contributed by atoms with Crippen LogP contribution in [0.5, 0.6) is 0 Å². The minimum absolute atomic E-state index is 0.255. The molecule has 1 aliphatic heterocycles. The highest BCUT2D eigenvalue weighted by Crippen LogP contribution is 2.60. The molecule has 32 heavy (non-hydrogen) atoms. The van der Waals surface area contributed by atoms with E-state index in [1.807, 2.05) is 12.4 Å². The summed E-state index contributed by atoms with van der Waals surface area (Å²) in [5.74, 6) is 0. The second-order valence-corrected chi connectivity index (χ2v) is 9.13. The summed E-state index contributed by atoms with van der Waals surface area (Å²) in [7, 11) is 0. The summed E-state index contributed by atoms with van der Waals surface area (Å²) in [5.41, 5.74) is 12.4. The van der Waals surface area contributed by atoms with Gasteiger partial charge in [0.2, 0.25) is 0 Å². The molecule has 0 bridgehead atoms. The van der Waals surface area contributed by atoms with E-state index in [9.17, 15) is 0 Å². The van der Waals surface area contributed by atoms with Gasteiger partial charge < -0.3 is 5.32 Å². The fourth-order valence-corrected chi connectivity index (χ4v) is 6.38. The van der Waals surface area contributed by atoms with Gasteiger partial charge in [0.15, 0.2) is 0 Å². The van der Waals surface area contributed by atoms with Crippen molar-refractivity contribution in [2.24, 2.45) is 0 Å². The zero-order chi connectivity index (χ0) is 21.1. The highest BCUT2D eigenvalue weighted by molar-refractivity contribution is 5.98. The molecule has 1 N–H and O–H groups in total. The Morgan fingerprint density at radius 1 is 0.906 bits per heavy atom. The third kappa shape index (κ3) is 2.27. The number of anilines is 1. The maximum Gasteiger partial charge on any atom is 0.0674 e. The number of nitrogens with one attached hydrogen (secondary N) is 1. The maximum absolute atomic E-state index is 4.36. The molecule has 2 nitrogen and oxygen atoms in total. The largest absolute Gasteiger partial charge is 0.377 e. The smallest absolute Gasteiger partial charge is 0.0674 e. The van der Waals surface area contributed by atoms with Gasteiger partial charge in [-0.05, 0) is 70.9 Å². The molecule has 2 atom stereocenters. The molecule has 2 unspecified atom stereocenters. The van der Waals surface area contributed by atoms with E-state index >= 15 is 0 Å². The van der Waals surface area contributed by atoms with Crippen LogP contribution in [-0.2, 0) is 5.41 Å². The average molecular weight is 413 g/mol. The Morgan fingerprint density at radius 3 is 2.56 bits per heavy atom. The normalized spacial score (nSPS) is 24.7. The number of rotatable bonds is 2. The zero-order valence-electron chi connectivity index (χ0n) is 17.9. The van der Waals surface area contributed by atoms with E-state index in [0.29, 0.717) is 6.04 Å². The van der Waals surface area contributed by atoms with Crippen LogP contribution in [-0.4, -0.2) is 11.0 Å². The molecule has 0 amide bonds. The number of hydrogen-bond acceptors (Lipinski definition) is 2. The van der Waals surface area contributed by atoms with Crippen molar-refractivity contribution in [1.29, 1.82) is 0 Å². The van der Waals surface area contributed by atoms with E-state index in [1.165, 1.54) is 50.2 Å². The molecule has 0 saturated heterocycles. The van der Waals surface area contributed by atoms with Crippen LogP contribution < -0.4 is 5.32 Å². The zero-order valence-corrected chi connectivity index (χ0v) is 17.9. The molecule has 3 aliphatic carbocycles. The number of aromatic nitrogens is 1. The molecule has 0 fully saturated rings. The quantitative estimate of drug-likeness (QED) is 0.507. The van der Waals surface area contributed by atoms with Crippen molar-refractivity contribution in [2.75, 3.05) is 5.32 Å². The van der Waals surface area contributed by atoms with Crippen LogP contribution in [0.2, 0.25) is 0 Å². The number of pyridine rings is 1. The molecule has 1 aromatic heterocycles. The van der Waals surface area contributed by atoms with Gasteiger partial charge in [-0.15, -0.1) is 0 Å². The average Bonchev–Trinajstić information content (AvgIpc) is 3.37. The Kier molecular flexibility index (Phi) is 3.75. The predicted molar refractivity (Wildman–Crippen MR) is 131 cm³/mol. The molecule has 154 valence electrons. The van der Waals surface area contributed by atoms with E-state index in [0.717, 1.165) is 19.3 Å². The molecule has 0 radical (unpaired) electrons. The molecular formula is C30H24N2. The van der Waals surface area contributed by atoms with Gasteiger partial charge in [-0.2, -0.15) is 0 Å². The summed E-state index contributed by atoms with van der Waals surface area (Å²) in [6.45, 7) is 0. The number of nitrogens with zero attached hydrogens (tertiary/aromatic N) is 1. The molecular weight excluding hydrogens is 388 g/mol. The van der Waals surface area contributed by atoms with Gasteiger partial charge in [-0.25, -0.2) is 0 Å². The van der Waals surface area contributed by atoms with Crippen LogP contribution in [0.25, 0.3) is 11.1 Å². The van der Waals surface area contributed by atoms with Crippen LogP contribution >= 0.6 is 0 Å². The van der Waals surface area contributed by atoms with Gasteiger partial charge in [0.1, 0.15) is 0 Å². The predicted octanol–water partition coefficient (Wildman–Crippen LogP) is 6.69. The number of para-hydroxylation sites is 1. The van der Waals surface area contributed by atoms with Crippen molar-refractivity contribution < 1.29 is 0 Å². The van der Waals surface area contributed by atoms with Crippen LogP contribution in [0, 0.1) is 0 Å². The summed E-state index contributed by atoms with van der Waals surface area (Å²) in [4.78, 5) is 4.36. The number of hydrogen-bond donors (Lipinski definition) is 1. The van der Waals surface area contributed by atoms with Crippen molar-refractivity contribution >= 4 is 16.8 Å². The Balaban J connectivity index is 1.56. The number of benzene rings is 2. The second kappa shape index (κ2) is 6.67. The first-order valence-electron chi connectivity index (χ1n) is 11.5. The SMILES string of the molecule is C1=CCCC(C2(c3ccncc3)C3=C(CC4Nc5ccccc5C4=C3)c3ccccc32)=C1. The number of allylic oxidation sites excluding steroid dienone is 6. The minimum atomic E-state index is -0.255. The summed E-state index contributed by atoms with van der Waals surface area (Å²) >= 11 is 0. The van der Waals surface area contributed by atoms with E-state index in [-0.39, 0.29) is 5.41 Å². The second-order valence-electron chi connectivity index (χ2n) is 9.13. The standard InChI is InChI=1S/C30H24N2/c1-2-8-20(9-3-1)30(21-14-16-31-17-15-21)26-12-6-4-10-22(26)24-19-29-25(18-27(24)30)23-11-5-7-13-28(23)32-29/h1-2,4-8,10-18,29,32H,3,9,19H2. The van der Waals surface area contributed by atoms with E-state index in [4.69, 9.17) is 0 Å². The van der Waals surface area contributed by atoms with Gasteiger partial charge in [0.05, 0.1) is 11.5 Å². The summed E-state index contributed by atoms with van der Waals surface area (Å²) in [6.07, 6.45) is 16.5. The monoisotopic (exact) mass is 412 g/mol. The lowest BCUT2D eigenvalue weighted by Gasteiger charge is -2.38. The third-order valence-electron chi connectivity index (χ3n) is 7.65. The van der Waals surface area contributed by atoms with Gasteiger partial charge in [0.25, 0.3) is 0 Å². The van der Waals surface area contributed by atoms with Crippen molar-refractivity contribution in [2.45, 2.75) is 30.7 Å². The van der Waals surface area contributed by atoms with Gasteiger partial charge in [-0.3, -0.25) is 4.98 Å². The molecule has 2 heteroatoms. The Hall–Kier alpha value is -3.65. The van der Waals surface area contributed by atoms with E-state index in [2.05, 4.69) is 95.3 Å². The molecule has 0 spiro atoms. The first-order chi connectivity index (χ1) is 15.9. The fraction of sp³-hybridized carbons (Fsp3) is 0.167. The Bertz CT molecular complexity index is 1370. The highest BCUT2D eigenvalue weighted by atomic mass is 15.0. The van der Waals surface area contributed by atoms with Crippen LogP contribution in [0.3, 0.4) is 0 Å². The van der Waals surface area contributed by atoms with Crippen LogP contribution in [0.4, 0.5) is 5.69 Å². The minimum Gasteiger partial charge on any atom is -0.377 e. The lowest BCUT2D eigenvalue weighted by atomic mass is 9.64. The summed E-state index contributed by atoms with van der Waals surface area (Å²) in [6, 6.07) is 22.6. The van der Waals surface area contributed by atoms with Crippen LogP contribution in [0.15, 0.2) is 109 Å². The lowest BCUT2D eigenvalue weighted by molar-refractivity contribution is 0.684. The topological polar surface area (TPSA) is 24.9 Å². The molecule has 0 saturated carbocycles. The number of fused-ring (bicyclic) bond motifs is 5. The molecule has 4 aliphatic rings. The Labute approximate surface area is 188 Å². The van der Waals surface area contributed by atoms with Crippen molar-refractivity contribution in [3.8, 4) is 0 Å². The van der Waals surface area contributed by atoms with Gasteiger partial charge in [-0.1, -0.05) is 72.3 Å². The molecule has 2 aromatic carbocycles. The fourth-order valence-electron chi connectivity index (χ4n) is 6.38. The molecule has 2 heterocycles. The van der Waals surface area contributed by atoms with Crippen molar-refractivity contribution in [3.63, 3.8) is 0 Å². The Morgan fingerprint density at radius 2 is 1.72 bits per heavy atom. The van der Waals surface area contributed by atoms with Crippen LogP contribution in [0.1, 0.15) is 41.5 Å². The first-order valence-corrected chi connectivity index (χ1v) is 11.5. The third-order valence-corrected chi connectivity index (χ3v) is 7.65. The van der Waals surface area contributed by atoms with E-state index in [1.54, 1.807) is 0 Å². The first kappa shape index (κ1) is 18.0. The van der Waals surface area contributed by atoms with Gasteiger partial charge in [0, 0.05) is 23.6 Å². The molecule has 7 rings (SSSR count). The molecule has 3 aromatic rings. The highest BCUT2D eigenvalue weighted by Gasteiger charge is 2.50. The summed E-state index contributed by atoms with van der Waals surface area (Å²) in [5, 5.41) is 3.79. The lowest BCUT2D eigenvalue weighted by Crippen LogP contribution is -2.32. The maximum atomic E-state index is 4.36. The summed E-state index contributed by atoms with van der Waals surface area (Å²) < 4.78 is 0. The van der Waals surface area contributed by atoms with Crippen molar-refractivity contribution in [1.82, 2.24) is 4.98 Å². The van der Waals surface area contributed by atoms with Gasteiger partial charge >= 0.3 is 0 Å². The van der Waals surface area contributed by atoms with Crippen molar-refractivity contribution in [3.05, 3.63) is 131 Å². The van der Waals surface area contributed by atoms with E-state index < -0.39 is 0 Å².